The summed E-state index contributed by atoms with van der Waals surface area (Å²) in [5.41, 5.74) is 1.96. The van der Waals surface area contributed by atoms with Gasteiger partial charge in [-0.25, -0.2) is 0 Å². The molecular formula is C23H35N7O2. The van der Waals surface area contributed by atoms with Gasteiger partial charge in [-0.15, -0.1) is 0 Å². The largest absolute Gasteiger partial charge is 0.381 e. The summed E-state index contributed by atoms with van der Waals surface area (Å²) in [4.78, 5) is 23.6. The summed E-state index contributed by atoms with van der Waals surface area (Å²) in [6, 6.07) is 0.323. The third-order valence-corrected chi connectivity index (χ3v) is 6.36. The number of allylic oxidation sites excluding steroid dienone is 1. The smallest absolute Gasteiger partial charge is 0.246 e. The third-order valence-electron chi connectivity index (χ3n) is 6.36. The predicted molar refractivity (Wildman–Crippen MR) is 125 cm³/mol. The Morgan fingerprint density at radius 2 is 1.97 bits per heavy atom. The Morgan fingerprint density at radius 3 is 2.66 bits per heavy atom. The maximum Gasteiger partial charge on any atom is 0.246 e. The average Bonchev–Trinajstić information content (AvgIpc) is 3.23. The first-order valence-electron chi connectivity index (χ1n) is 11.8. The summed E-state index contributed by atoms with van der Waals surface area (Å²) in [7, 11) is 0. The van der Waals surface area contributed by atoms with Crippen LogP contribution in [0.3, 0.4) is 0 Å². The number of amides is 1. The zero-order valence-electron chi connectivity index (χ0n) is 19.4. The predicted octanol–water partition coefficient (Wildman–Crippen LogP) is 3.07. The molecule has 2 aliphatic rings. The number of ether oxygens (including phenoxy) is 1. The number of fused-ring (bicyclic) bond motifs is 1. The van der Waals surface area contributed by atoms with Crippen molar-refractivity contribution >= 4 is 23.5 Å². The molecule has 4 rings (SSSR count). The highest BCUT2D eigenvalue weighted by atomic mass is 16.5. The number of anilines is 2. The van der Waals surface area contributed by atoms with Crippen molar-refractivity contribution in [1.29, 1.82) is 0 Å². The van der Waals surface area contributed by atoms with Gasteiger partial charge in [0.15, 0.2) is 5.65 Å². The lowest BCUT2D eigenvalue weighted by Crippen LogP contribution is -2.39. The van der Waals surface area contributed by atoms with Gasteiger partial charge in [0.1, 0.15) is 0 Å². The van der Waals surface area contributed by atoms with Crippen LogP contribution < -0.4 is 10.6 Å². The highest BCUT2D eigenvalue weighted by molar-refractivity contribution is 5.87. The van der Waals surface area contributed by atoms with E-state index in [2.05, 4.69) is 29.6 Å². The maximum absolute atomic E-state index is 12.1. The van der Waals surface area contributed by atoms with Crippen LogP contribution in [-0.4, -0.2) is 69.3 Å². The Morgan fingerprint density at radius 1 is 1.22 bits per heavy atom. The highest BCUT2D eigenvalue weighted by Gasteiger charge is 2.23. The van der Waals surface area contributed by atoms with Crippen molar-refractivity contribution < 1.29 is 9.53 Å². The van der Waals surface area contributed by atoms with Crippen molar-refractivity contribution in [2.75, 3.05) is 43.5 Å². The number of aromatic nitrogens is 4. The molecule has 0 saturated carbocycles. The third kappa shape index (κ3) is 5.20. The van der Waals surface area contributed by atoms with Crippen LogP contribution in [-0.2, 0) is 9.53 Å². The Kier molecular flexibility index (Phi) is 7.24. The van der Waals surface area contributed by atoms with Gasteiger partial charge in [0.25, 0.3) is 0 Å². The number of hydrogen-bond donors (Lipinski definition) is 2. The summed E-state index contributed by atoms with van der Waals surface area (Å²) < 4.78 is 7.29. The average molecular weight is 442 g/mol. The molecule has 0 unspecified atom stereocenters. The quantitative estimate of drug-likeness (QED) is 0.638. The fourth-order valence-electron chi connectivity index (χ4n) is 4.35. The van der Waals surface area contributed by atoms with E-state index < -0.39 is 0 Å². The molecule has 0 atom stereocenters. The second-order valence-electron chi connectivity index (χ2n) is 9.04. The molecule has 0 radical (unpaired) electrons. The first-order valence-corrected chi connectivity index (χ1v) is 11.8. The summed E-state index contributed by atoms with van der Waals surface area (Å²) in [6.45, 7) is 10.1. The molecule has 2 aromatic heterocycles. The lowest BCUT2D eigenvalue weighted by atomic mass is 9.97. The lowest BCUT2D eigenvalue weighted by Gasteiger charge is -2.31. The molecule has 0 aliphatic carbocycles. The molecule has 0 aromatic carbocycles. The lowest BCUT2D eigenvalue weighted by molar-refractivity contribution is -0.127. The number of carbonyl (C=O) groups excluding carboxylic acids is 1. The minimum Gasteiger partial charge on any atom is -0.381 e. The molecule has 2 fully saturated rings. The van der Waals surface area contributed by atoms with Crippen molar-refractivity contribution in [3.05, 3.63) is 23.9 Å². The minimum absolute atomic E-state index is 0.109. The molecule has 32 heavy (non-hydrogen) atoms. The second-order valence-corrected chi connectivity index (χ2v) is 9.04. The van der Waals surface area contributed by atoms with Gasteiger partial charge in [-0.1, -0.05) is 19.9 Å². The normalized spacial score (nSPS) is 18.7. The Bertz CT molecular complexity index is 941. The van der Waals surface area contributed by atoms with Crippen LogP contribution in [0.1, 0.15) is 57.9 Å². The van der Waals surface area contributed by atoms with Crippen molar-refractivity contribution in [2.45, 2.75) is 58.4 Å². The van der Waals surface area contributed by atoms with E-state index in [0.717, 1.165) is 69.7 Å². The van der Waals surface area contributed by atoms with Gasteiger partial charge in [0.05, 0.1) is 6.20 Å². The number of nitrogens with one attached hydrogen (secondary N) is 2. The highest BCUT2D eigenvalue weighted by Crippen LogP contribution is 2.24. The number of nitrogens with zero attached hydrogens (tertiary/aromatic N) is 5. The number of piperidine rings is 1. The molecule has 0 bridgehead atoms. The SMILES string of the molecule is CC=CC(=O)N1CCC(CNc2nc(NC3CCOCC3)nc3c(C(C)C)cnn23)CC1. The van der Waals surface area contributed by atoms with Gasteiger partial charge in [-0.3, -0.25) is 4.79 Å². The van der Waals surface area contributed by atoms with E-state index >= 15 is 0 Å². The number of carbonyl (C=O) groups is 1. The molecule has 9 nitrogen and oxygen atoms in total. The molecule has 0 spiro atoms. The van der Waals surface area contributed by atoms with Gasteiger partial charge in [0.2, 0.25) is 17.8 Å². The summed E-state index contributed by atoms with van der Waals surface area (Å²) >= 11 is 0. The summed E-state index contributed by atoms with van der Waals surface area (Å²) in [5.74, 6) is 2.27. The van der Waals surface area contributed by atoms with Crippen molar-refractivity contribution in [3.8, 4) is 0 Å². The van der Waals surface area contributed by atoms with Crippen molar-refractivity contribution in [3.63, 3.8) is 0 Å². The van der Waals surface area contributed by atoms with E-state index in [9.17, 15) is 4.79 Å². The molecule has 2 N–H and O–H groups in total. The first-order chi connectivity index (χ1) is 15.5. The molecule has 174 valence electrons. The molecule has 9 heteroatoms. The van der Waals surface area contributed by atoms with E-state index in [1.807, 2.05) is 22.5 Å². The number of likely N-dealkylation sites (tertiary alicyclic amines) is 1. The van der Waals surface area contributed by atoms with Crippen LogP contribution in [0.2, 0.25) is 0 Å². The maximum atomic E-state index is 12.1. The van der Waals surface area contributed by atoms with E-state index in [4.69, 9.17) is 14.7 Å². The van der Waals surface area contributed by atoms with Crippen LogP contribution in [0, 0.1) is 5.92 Å². The fraction of sp³-hybridized carbons (Fsp3) is 0.652. The summed E-state index contributed by atoms with van der Waals surface area (Å²) in [6.07, 6.45) is 9.22. The molecule has 1 amide bonds. The van der Waals surface area contributed by atoms with Crippen LogP contribution in [0.15, 0.2) is 18.3 Å². The van der Waals surface area contributed by atoms with E-state index in [0.29, 0.717) is 29.8 Å². The van der Waals surface area contributed by atoms with Crippen molar-refractivity contribution in [2.24, 2.45) is 5.92 Å². The minimum atomic E-state index is 0.109. The molecule has 2 aromatic rings. The Labute approximate surface area is 189 Å². The van der Waals surface area contributed by atoms with Crippen LogP contribution in [0.4, 0.5) is 11.9 Å². The van der Waals surface area contributed by atoms with Crippen LogP contribution in [0.25, 0.3) is 5.65 Å². The van der Waals surface area contributed by atoms with Gasteiger partial charge < -0.3 is 20.3 Å². The van der Waals surface area contributed by atoms with E-state index in [1.165, 1.54) is 0 Å². The standard InChI is InChI=1S/C23H35N7O2/c1-4-5-20(31)29-10-6-17(7-11-29)14-24-23-28-22(26-18-8-12-32-13-9-18)27-21-19(16(2)3)15-25-30(21)23/h4-5,15-18H,6-14H2,1-3H3,(H2,24,26,27,28). The number of hydrogen-bond acceptors (Lipinski definition) is 7. The van der Waals surface area contributed by atoms with Crippen LogP contribution >= 0.6 is 0 Å². The Hall–Kier alpha value is -2.68. The monoisotopic (exact) mass is 441 g/mol. The second kappa shape index (κ2) is 10.3. The fourth-order valence-corrected chi connectivity index (χ4v) is 4.35. The summed E-state index contributed by atoms with van der Waals surface area (Å²) in [5, 5.41) is 11.6. The van der Waals surface area contributed by atoms with Gasteiger partial charge >= 0.3 is 0 Å². The van der Waals surface area contributed by atoms with Crippen LogP contribution in [0.5, 0.6) is 0 Å². The molecule has 4 heterocycles. The molecule has 2 aliphatic heterocycles. The zero-order valence-corrected chi connectivity index (χ0v) is 19.4. The Balaban J connectivity index is 1.47. The van der Waals surface area contributed by atoms with Gasteiger partial charge in [-0.2, -0.15) is 19.6 Å². The molecule has 2 saturated heterocycles. The van der Waals surface area contributed by atoms with Gasteiger partial charge in [0, 0.05) is 44.5 Å². The first kappa shape index (κ1) is 22.5. The van der Waals surface area contributed by atoms with E-state index in [-0.39, 0.29) is 5.91 Å². The van der Waals surface area contributed by atoms with Gasteiger partial charge in [-0.05, 0) is 50.5 Å². The number of rotatable bonds is 7. The van der Waals surface area contributed by atoms with Crippen molar-refractivity contribution in [1.82, 2.24) is 24.5 Å². The van der Waals surface area contributed by atoms with E-state index in [1.54, 1.807) is 12.2 Å². The molecular weight excluding hydrogens is 406 g/mol. The zero-order chi connectivity index (χ0) is 22.5. The topological polar surface area (TPSA) is 96.7 Å².